The van der Waals surface area contributed by atoms with Crippen LogP contribution in [0.15, 0.2) is 24.3 Å². The van der Waals surface area contributed by atoms with Crippen molar-refractivity contribution in [3.8, 4) is 0 Å². The Hall–Kier alpha value is -1.15. The number of carbonyl (C=O) groups excluding carboxylic acids is 1. The van der Waals surface area contributed by atoms with Crippen LogP contribution < -0.4 is 0 Å². The average Bonchev–Trinajstić information content (AvgIpc) is 2.70. The molecule has 1 aromatic rings. The fourth-order valence-electron chi connectivity index (χ4n) is 4.30. The minimum Gasteiger partial charge on any atom is -0.300 e. The van der Waals surface area contributed by atoms with Gasteiger partial charge in [-0.25, -0.2) is 0 Å². The molecule has 2 bridgehead atoms. The zero-order chi connectivity index (χ0) is 14.3. The van der Waals surface area contributed by atoms with Crippen LogP contribution in [0, 0.1) is 12.8 Å². The molecule has 0 spiro atoms. The standard InChI is InChI=1S/C18H25NO/c1-4-17(20)18-15(13-7-5-12(2)6-8-13)11-14-9-10-16(18)19(14)3/h5-8,14-16,18H,4,9-11H2,1-3H3/t14-,15+,16+,18+/m0/s1. The predicted octanol–water partition coefficient (Wildman–Crippen LogP) is 3.54. The van der Waals surface area contributed by atoms with E-state index in [9.17, 15) is 4.79 Å². The molecule has 4 atom stereocenters. The summed E-state index contributed by atoms with van der Waals surface area (Å²) in [6.45, 7) is 4.13. The molecule has 2 heterocycles. The van der Waals surface area contributed by atoms with Crippen LogP contribution >= 0.6 is 0 Å². The third kappa shape index (κ3) is 2.20. The number of nitrogens with zero attached hydrogens (tertiary/aromatic N) is 1. The topological polar surface area (TPSA) is 20.3 Å². The Morgan fingerprint density at radius 3 is 2.60 bits per heavy atom. The molecule has 108 valence electrons. The second-order valence-corrected chi connectivity index (χ2v) is 6.56. The fraction of sp³-hybridized carbons (Fsp3) is 0.611. The third-order valence-electron chi connectivity index (χ3n) is 5.49. The molecular weight excluding hydrogens is 246 g/mol. The molecule has 3 rings (SSSR count). The van der Waals surface area contributed by atoms with Crippen molar-refractivity contribution in [3.05, 3.63) is 35.4 Å². The smallest absolute Gasteiger partial charge is 0.137 e. The van der Waals surface area contributed by atoms with E-state index >= 15 is 0 Å². The highest BCUT2D eigenvalue weighted by atomic mass is 16.1. The fourth-order valence-corrected chi connectivity index (χ4v) is 4.30. The van der Waals surface area contributed by atoms with Crippen LogP contribution in [0.5, 0.6) is 0 Å². The first-order valence-electron chi connectivity index (χ1n) is 7.93. The van der Waals surface area contributed by atoms with Gasteiger partial charge >= 0.3 is 0 Å². The van der Waals surface area contributed by atoms with E-state index in [0.717, 1.165) is 6.42 Å². The lowest BCUT2D eigenvalue weighted by molar-refractivity contribution is -0.126. The first-order chi connectivity index (χ1) is 9.61. The molecule has 2 aliphatic rings. The maximum atomic E-state index is 12.5. The van der Waals surface area contributed by atoms with Crippen LogP contribution in [0.3, 0.4) is 0 Å². The second kappa shape index (κ2) is 5.33. The van der Waals surface area contributed by atoms with E-state index in [1.54, 1.807) is 0 Å². The van der Waals surface area contributed by atoms with Crippen LogP contribution in [0.1, 0.15) is 49.7 Å². The quantitative estimate of drug-likeness (QED) is 0.838. The van der Waals surface area contributed by atoms with Gasteiger partial charge in [-0.2, -0.15) is 0 Å². The number of aryl methyl sites for hydroxylation is 1. The van der Waals surface area contributed by atoms with Crippen LogP contribution in [-0.2, 0) is 4.79 Å². The van der Waals surface area contributed by atoms with Gasteiger partial charge in [0.15, 0.2) is 0 Å². The number of rotatable bonds is 3. The van der Waals surface area contributed by atoms with Crippen molar-refractivity contribution < 1.29 is 4.79 Å². The van der Waals surface area contributed by atoms with Gasteiger partial charge in [-0.05, 0) is 44.7 Å². The maximum Gasteiger partial charge on any atom is 0.137 e. The van der Waals surface area contributed by atoms with Gasteiger partial charge in [0.1, 0.15) is 5.78 Å². The van der Waals surface area contributed by atoms with E-state index in [0.29, 0.717) is 30.2 Å². The summed E-state index contributed by atoms with van der Waals surface area (Å²) in [7, 11) is 2.21. The van der Waals surface area contributed by atoms with Crippen LogP contribution in [0.2, 0.25) is 0 Å². The zero-order valence-electron chi connectivity index (χ0n) is 12.8. The number of piperidine rings is 1. The van der Waals surface area contributed by atoms with Crippen molar-refractivity contribution in [1.29, 1.82) is 0 Å². The molecule has 2 heteroatoms. The van der Waals surface area contributed by atoms with E-state index in [2.05, 4.69) is 43.1 Å². The van der Waals surface area contributed by atoms with Crippen LogP contribution in [0.4, 0.5) is 0 Å². The van der Waals surface area contributed by atoms with Gasteiger partial charge in [-0.15, -0.1) is 0 Å². The Kier molecular flexibility index (Phi) is 3.68. The van der Waals surface area contributed by atoms with Gasteiger partial charge in [-0.1, -0.05) is 36.8 Å². The first kappa shape index (κ1) is 13.8. The van der Waals surface area contributed by atoms with Crippen LogP contribution in [0.25, 0.3) is 0 Å². The lowest BCUT2D eigenvalue weighted by Gasteiger charge is -2.42. The van der Waals surface area contributed by atoms with Gasteiger partial charge in [0.2, 0.25) is 0 Å². The number of Topliss-reactive ketones (excluding diaryl/α,β-unsaturated/α-hetero) is 1. The largest absolute Gasteiger partial charge is 0.300 e. The van der Waals surface area contributed by atoms with Crippen LogP contribution in [-0.4, -0.2) is 29.8 Å². The summed E-state index contributed by atoms with van der Waals surface area (Å²) >= 11 is 0. The normalized spacial score (nSPS) is 33.4. The monoisotopic (exact) mass is 271 g/mol. The Balaban J connectivity index is 1.95. The van der Waals surface area contributed by atoms with E-state index in [-0.39, 0.29) is 5.92 Å². The molecule has 0 radical (unpaired) electrons. The second-order valence-electron chi connectivity index (χ2n) is 6.56. The van der Waals surface area contributed by atoms with Crippen molar-refractivity contribution in [1.82, 2.24) is 4.90 Å². The molecule has 2 saturated heterocycles. The Labute approximate surface area is 122 Å². The molecule has 2 fully saturated rings. The molecule has 20 heavy (non-hydrogen) atoms. The highest BCUT2D eigenvalue weighted by molar-refractivity contribution is 5.82. The van der Waals surface area contributed by atoms with Crippen molar-refractivity contribution in [2.24, 2.45) is 5.92 Å². The first-order valence-corrected chi connectivity index (χ1v) is 7.93. The van der Waals surface area contributed by atoms with E-state index < -0.39 is 0 Å². The number of hydrogen-bond donors (Lipinski definition) is 0. The van der Waals surface area contributed by atoms with Gasteiger partial charge in [-0.3, -0.25) is 9.69 Å². The van der Waals surface area contributed by atoms with E-state index in [4.69, 9.17) is 0 Å². The summed E-state index contributed by atoms with van der Waals surface area (Å²) in [4.78, 5) is 15.0. The van der Waals surface area contributed by atoms with Crippen molar-refractivity contribution >= 4 is 5.78 Å². The molecular formula is C18H25NO. The van der Waals surface area contributed by atoms with Gasteiger partial charge < -0.3 is 0 Å². The van der Waals surface area contributed by atoms with E-state index in [1.807, 2.05) is 6.92 Å². The molecule has 0 aromatic heterocycles. The summed E-state index contributed by atoms with van der Waals surface area (Å²) in [5, 5.41) is 0. The minimum atomic E-state index is 0.200. The molecule has 2 aliphatic heterocycles. The summed E-state index contributed by atoms with van der Waals surface area (Å²) in [6, 6.07) is 9.98. The van der Waals surface area contributed by atoms with Gasteiger partial charge in [0.05, 0.1) is 0 Å². The lowest BCUT2D eigenvalue weighted by atomic mass is 9.73. The summed E-state index contributed by atoms with van der Waals surface area (Å²) < 4.78 is 0. The minimum absolute atomic E-state index is 0.200. The maximum absolute atomic E-state index is 12.5. The van der Waals surface area contributed by atoms with Gasteiger partial charge in [0, 0.05) is 24.4 Å². The van der Waals surface area contributed by atoms with Crippen molar-refractivity contribution in [3.63, 3.8) is 0 Å². The summed E-state index contributed by atoms with van der Waals surface area (Å²) in [5.41, 5.74) is 2.66. The molecule has 0 saturated carbocycles. The highest BCUT2D eigenvalue weighted by Crippen LogP contribution is 2.46. The van der Waals surface area contributed by atoms with E-state index in [1.165, 1.54) is 24.0 Å². The zero-order valence-corrected chi connectivity index (χ0v) is 12.8. The molecule has 0 N–H and O–H groups in total. The SMILES string of the molecule is CCC(=O)[C@@H]1[C@@H](c2ccc(C)cc2)C[C@@H]2CC[C@H]1N2C. The number of hydrogen-bond acceptors (Lipinski definition) is 2. The molecule has 0 amide bonds. The average molecular weight is 271 g/mol. The van der Waals surface area contributed by atoms with Crippen molar-refractivity contribution in [2.75, 3.05) is 7.05 Å². The Bertz CT molecular complexity index is 493. The summed E-state index contributed by atoms with van der Waals surface area (Å²) in [6.07, 6.45) is 4.27. The predicted molar refractivity (Wildman–Crippen MR) is 81.9 cm³/mol. The number of carbonyl (C=O) groups is 1. The number of fused-ring (bicyclic) bond motifs is 2. The summed E-state index contributed by atoms with van der Waals surface area (Å²) in [5.74, 6) is 1.08. The number of ketones is 1. The van der Waals surface area contributed by atoms with Gasteiger partial charge in [0.25, 0.3) is 0 Å². The molecule has 1 aromatic carbocycles. The number of benzene rings is 1. The Morgan fingerprint density at radius 2 is 1.95 bits per heavy atom. The Morgan fingerprint density at radius 1 is 1.25 bits per heavy atom. The molecule has 0 unspecified atom stereocenters. The molecule has 0 aliphatic carbocycles. The molecule has 2 nitrogen and oxygen atoms in total. The third-order valence-corrected chi connectivity index (χ3v) is 5.49. The highest BCUT2D eigenvalue weighted by Gasteiger charge is 2.48. The lowest BCUT2D eigenvalue weighted by Crippen LogP contribution is -2.48. The van der Waals surface area contributed by atoms with Crippen molar-refractivity contribution in [2.45, 2.75) is 57.5 Å².